The Balaban J connectivity index is 2.45. The Morgan fingerprint density at radius 1 is 1.13 bits per heavy atom. The molecule has 0 spiro atoms. The van der Waals surface area contributed by atoms with Crippen molar-refractivity contribution in [3.63, 3.8) is 0 Å². The molecule has 0 aromatic heterocycles. The van der Waals surface area contributed by atoms with Gasteiger partial charge in [0.15, 0.2) is 0 Å². The Hall–Kier alpha value is -1.11. The number of benzene rings is 1. The molecular formula is C17H28N2O3S. The van der Waals surface area contributed by atoms with Crippen molar-refractivity contribution >= 4 is 10.0 Å². The van der Waals surface area contributed by atoms with Gasteiger partial charge in [-0.15, -0.1) is 0 Å². The van der Waals surface area contributed by atoms with E-state index in [-0.39, 0.29) is 10.3 Å². The van der Waals surface area contributed by atoms with Gasteiger partial charge in [-0.05, 0) is 37.1 Å². The predicted molar refractivity (Wildman–Crippen MR) is 92.6 cm³/mol. The lowest BCUT2D eigenvalue weighted by Gasteiger charge is -2.32. The molecule has 1 aromatic rings. The lowest BCUT2D eigenvalue weighted by Crippen LogP contribution is -2.47. The first-order valence-corrected chi connectivity index (χ1v) is 9.56. The van der Waals surface area contributed by atoms with Crippen LogP contribution >= 0.6 is 0 Å². The number of hydrogen-bond acceptors (Lipinski definition) is 4. The quantitative estimate of drug-likeness (QED) is 0.844. The maximum absolute atomic E-state index is 13.1. The molecule has 2 rings (SSSR count). The molecule has 0 amide bonds. The second kappa shape index (κ2) is 6.79. The third-order valence-corrected chi connectivity index (χ3v) is 6.11. The van der Waals surface area contributed by atoms with Crippen molar-refractivity contribution in [1.82, 2.24) is 9.21 Å². The maximum atomic E-state index is 13.1. The molecule has 1 aromatic carbocycles. The highest BCUT2D eigenvalue weighted by Crippen LogP contribution is 2.33. The van der Waals surface area contributed by atoms with E-state index in [4.69, 9.17) is 4.74 Å². The summed E-state index contributed by atoms with van der Waals surface area (Å²) in [7, 11) is -1.53. The normalized spacial score (nSPS) is 18.1. The summed E-state index contributed by atoms with van der Waals surface area (Å²) < 4.78 is 33.3. The minimum atomic E-state index is -3.54. The second-order valence-electron chi connectivity index (χ2n) is 7.05. The first kappa shape index (κ1) is 18.2. The van der Waals surface area contributed by atoms with Crippen LogP contribution in [-0.2, 0) is 15.4 Å². The largest absolute Gasteiger partial charge is 0.492 e. The molecule has 1 saturated heterocycles. The summed E-state index contributed by atoms with van der Waals surface area (Å²) in [5.41, 5.74) is 0.880. The van der Waals surface area contributed by atoms with E-state index in [1.165, 1.54) is 0 Å². The molecular weight excluding hydrogens is 312 g/mol. The molecule has 0 radical (unpaired) electrons. The van der Waals surface area contributed by atoms with E-state index in [2.05, 4.69) is 25.7 Å². The fraction of sp³-hybridized carbons (Fsp3) is 0.647. The first-order chi connectivity index (χ1) is 10.7. The summed E-state index contributed by atoms with van der Waals surface area (Å²) in [6.45, 7) is 11.1. The van der Waals surface area contributed by atoms with Crippen molar-refractivity contribution in [2.75, 3.05) is 39.8 Å². The monoisotopic (exact) mass is 340 g/mol. The lowest BCUT2D eigenvalue weighted by atomic mass is 9.87. The molecule has 0 N–H and O–H groups in total. The molecule has 1 heterocycles. The second-order valence-corrected chi connectivity index (χ2v) is 8.96. The highest BCUT2D eigenvalue weighted by molar-refractivity contribution is 7.89. The van der Waals surface area contributed by atoms with Gasteiger partial charge in [0, 0.05) is 26.2 Å². The van der Waals surface area contributed by atoms with E-state index in [1.807, 2.05) is 20.0 Å². The van der Waals surface area contributed by atoms with Crippen molar-refractivity contribution in [3.8, 4) is 5.75 Å². The van der Waals surface area contributed by atoms with Crippen LogP contribution in [0.15, 0.2) is 23.1 Å². The molecule has 0 unspecified atom stereocenters. The highest BCUT2D eigenvalue weighted by atomic mass is 32.2. The Labute approximate surface area is 140 Å². The van der Waals surface area contributed by atoms with E-state index in [1.54, 1.807) is 16.4 Å². The van der Waals surface area contributed by atoms with E-state index in [0.29, 0.717) is 25.4 Å². The third-order valence-electron chi connectivity index (χ3n) is 4.19. The molecule has 0 bridgehead atoms. The molecule has 23 heavy (non-hydrogen) atoms. The van der Waals surface area contributed by atoms with Crippen LogP contribution in [0.25, 0.3) is 0 Å². The smallest absolute Gasteiger partial charge is 0.246 e. The number of sulfonamides is 1. The Kier molecular flexibility index (Phi) is 5.38. The summed E-state index contributed by atoms with van der Waals surface area (Å²) in [6.07, 6.45) is 0. The third kappa shape index (κ3) is 4.05. The summed E-state index contributed by atoms with van der Waals surface area (Å²) in [5, 5.41) is 0. The zero-order valence-electron chi connectivity index (χ0n) is 14.8. The number of rotatable bonds is 4. The van der Waals surface area contributed by atoms with Crippen molar-refractivity contribution in [2.45, 2.75) is 38.0 Å². The van der Waals surface area contributed by atoms with Gasteiger partial charge in [-0.25, -0.2) is 8.42 Å². The van der Waals surface area contributed by atoms with E-state index in [9.17, 15) is 8.42 Å². The Morgan fingerprint density at radius 3 is 2.26 bits per heavy atom. The van der Waals surface area contributed by atoms with E-state index >= 15 is 0 Å². The SMILES string of the molecule is CCOc1ccc(C(C)(C)C)cc1S(=O)(=O)N1CCN(C)CC1. The van der Waals surface area contributed by atoms with Crippen LogP contribution in [0.4, 0.5) is 0 Å². The molecule has 130 valence electrons. The minimum absolute atomic E-state index is 0.114. The predicted octanol–water partition coefficient (Wildman–Crippen LogP) is 2.32. The fourth-order valence-electron chi connectivity index (χ4n) is 2.62. The van der Waals surface area contributed by atoms with Gasteiger partial charge < -0.3 is 9.64 Å². The van der Waals surface area contributed by atoms with Gasteiger partial charge in [-0.1, -0.05) is 26.8 Å². The van der Waals surface area contributed by atoms with Crippen LogP contribution in [0, 0.1) is 0 Å². The van der Waals surface area contributed by atoms with Gasteiger partial charge >= 0.3 is 0 Å². The minimum Gasteiger partial charge on any atom is -0.492 e. The molecule has 6 heteroatoms. The van der Waals surface area contributed by atoms with Crippen molar-refractivity contribution in [1.29, 1.82) is 0 Å². The summed E-state index contributed by atoms with van der Waals surface area (Å²) in [5.74, 6) is 0.444. The van der Waals surface area contributed by atoms with Crippen molar-refractivity contribution < 1.29 is 13.2 Å². The van der Waals surface area contributed by atoms with Gasteiger partial charge in [0.2, 0.25) is 10.0 Å². The zero-order chi connectivity index (χ0) is 17.3. The van der Waals surface area contributed by atoms with Gasteiger partial charge in [-0.3, -0.25) is 0 Å². The number of piperazine rings is 1. The van der Waals surface area contributed by atoms with Crippen LogP contribution in [-0.4, -0.2) is 57.5 Å². The highest BCUT2D eigenvalue weighted by Gasteiger charge is 2.31. The fourth-order valence-corrected chi connectivity index (χ4v) is 4.20. The van der Waals surface area contributed by atoms with Gasteiger partial charge in [-0.2, -0.15) is 4.31 Å². The van der Waals surface area contributed by atoms with Gasteiger partial charge in [0.25, 0.3) is 0 Å². The molecule has 0 saturated carbocycles. The molecule has 1 aliphatic rings. The zero-order valence-corrected chi connectivity index (χ0v) is 15.6. The van der Waals surface area contributed by atoms with Crippen molar-refractivity contribution in [2.24, 2.45) is 0 Å². The van der Waals surface area contributed by atoms with Gasteiger partial charge in [0.05, 0.1) is 6.61 Å². The number of nitrogens with zero attached hydrogens (tertiary/aromatic N) is 2. The summed E-state index contributed by atoms with van der Waals surface area (Å²) in [6, 6.07) is 5.51. The molecule has 0 aliphatic carbocycles. The summed E-state index contributed by atoms with van der Waals surface area (Å²) >= 11 is 0. The maximum Gasteiger partial charge on any atom is 0.246 e. The Morgan fingerprint density at radius 2 is 1.74 bits per heavy atom. The van der Waals surface area contributed by atoms with Crippen LogP contribution in [0.1, 0.15) is 33.3 Å². The van der Waals surface area contributed by atoms with Crippen LogP contribution in [0.3, 0.4) is 0 Å². The van der Waals surface area contributed by atoms with Crippen molar-refractivity contribution in [3.05, 3.63) is 23.8 Å². The molecule has 1 aliphatic heterocycles. The first-order valence-electron chi connectivity index (χ1n) is 8.12. The average molecular weight is 340 g/mol. The number of ether oxygens (including phenoxy) is 1. The topological polar surface area (TPSA) is 49.9 Å². The van der Waals surface area contributed by atoms with Crippen LogP contribution in [0.2, 0.25) is 0 Å². The van der Waals surface area contributed by atoms with E-state index < -0.39 is 10.0 Å². The average Bonchev–Trinajstić information content (AvgIpc) is 2.47. The summed E-state index contributed by atoms with van der Waals surface area (Å²) in [4.78, 5) is 2.43. The van der Waals surface area contributed by atoms with E-state index in [0.717, 1.165) is 18.7 Å². The molecule has 1 fully saturated rings. The Bertz CT molecular complexity index is 642. The van der Waals surface area contributed by atoms with Crippen LogP contribution < -0.4 is 4.74 Å². The van der Waals surface area contributed by atoms with Crippen LogP contribution in [0.5, 0.6) is 5.75 Å². The molecule has 0 atom stereocenters. The lowest BCUT2D eigenvalue weighted by molar-refractivity contribution is 0.222. The number of hydrogen-bond donors (Lipinski definition) is 0. The standard InChI is InChI=1S/C17H28N2O3S/c1-6-22-15-8-7-14(17(2,3)4)13-16(15)23(20,21)19-11-9-18(5)10-12-19/h7-8,13H,6,9-12H2,1-5H3. The molecule has 5 nitrogen and oxygen atoms in total. The number of likely N-dealkylation sites (N-methyl/N-ethyl adjacent to an activating group) is 1. The van der Waals surface area contributed by atoms with Gasteiger partial charge in [0.1, 0.15) is 10.6 Å².